The number of anilines is 1. The molecule has 1 spiro atoms. The highest BCUT2D eigenvalue weighted by atomic mass is 32.2. The van der Waals surface area contributed by atoms with Gasteiger partial charge < -0.3 is 10.1 Å². The van der Waals surface area contributed by atoms with Gasteiger partial charge in [0.1, 0.15) is 17.2 Å². The fourth-order valence-electron chi connectivity index (χ4n) is 5.02. The van der Waals surface area contributed by atoms with E-state index < -0.39 is 15.8 Å². The summed E-state index contributed by atoms with van der Waals surface area (Å²) in [7, 11) is -3.68. The largest absolute Gasteiger partial charge is 0.487 e. The van der Waals surface area contributed by atoms with E-state index in [0.29, 0.717) is 0 Å². The Kier molecular flexibility index (Phi) is 6.93. The number of nitrogens with one attached hydrogen (secondary N) is 1. The van der Waals surface area contributed by atoms with E-state index in [9.17, 15) is 17.6 Å². The first kappa shape index (κ1) is 23.5. The molecule has 6 nitrogen and oxygen atoms in total. The first-order valence-corrected chi connectivity index (χ1v) is 13.4. The number of fused-ring (bicyclic) bond motifs is 1. The number of hydrogen-bond donors (Lipinski definition) is 1. The molecule has 0 saturated heterocycles. The molecule has 1 heterocycles. The summed E-state index contributed by atoms with van der Waals surface area (Å²) in [4.78, 5) is 12.8. The predicted octanol–water partition coefficient (Wildman–Crippen LogP) is 4.71. The fourth-order valence-corrected chi connectivity index (χ4v) is 5.98. The monoisotopic (exact) mass is 474 g/mol. The number of ether oxygens (including phenoxy) is 1. The minimum atomic E-state index is -3.68. The van der Waals surface area contributed by atoms with E-state index in [0.717, 1.165) is 54.0 Å². The quantitative estimate of drug-likeness (QED) is 0.630. The van der Waals surface area contributed by atoms with E-state index in [-0.39, 0.29) is 42.6 Å². The van der Waals surface area contributed by atoms with Gasteiger partial charge in [-0.25, -0.2) is 12.8 Å². The Morgan fingerprint density at radius 3 is 2.55 bits per heavy atom. The molecule has 33 heavy (non-hydrogen) atoms. The maximum Gasteiger partial charge on any atom is 0.232 e. The Hall–Kier alpha value is -2.61. The standard InChI is InChI=1S/C25H31FN2O4S/c1-33(30,31)28(22-12-5-4-11-20(22)26)17-9-14-24(29)27-21-18-25(15-7-2-8-16-25)32-23-13-6-3-10-19(21)23/h3-6,10-13,21H,2,7-9,14-18H2,1H3,(H,27,29)/t21-/m1/s1. The molecule has 2 aliphatic rings. The van der Waals surface area contributed by atoms with Crippen LogP contribution in [0.25, 0.3) is 0 Å². The van der Waals surface area contributed by atoms with Crippen LogP contribution in [0.4, 0.5) is 10.1 Å². The van der Waals surface area contributed by atoms with Crippen LogP contribution in [0.1, 0.15) is 63.0 Å². The third kappa shape index (κ3) is 5.49. The van der Waals surface area contributed by atoms with Gasteiger partial charge in [0.05, 0.1) is 18.0 Å². The molecule has 1 saturated carbocycles. The number of benzene rings is 2. The van der Waals surface area contributed by atoms with Crippen molar-refractivity contribution in [2.75, 3.05) is 17.1 Å². The lowest BCUT2D eigenvalue weighted by Crippen LogP contribution is -2.46. The van der Waals surface area contributed by atoms with Crippen molar-refractivity contribution in [3.05, 3.63) is 59.9 Å². The zero-order chi connectivity index (χ0) is 23.5. The second-order valence-electron chi connectivity index (χ2n) is 9.10. The number of para-hydroxylation sites is 2. The van der Waals surface area contributed by atoms with Crippen LogP contribution in [-0.4, -0.2) is 32.7 Å². The molecule has 8 heteroatoms. The molecule has 0 bridgehead atoms. The number of sulfonamides is 1. The van der Waals surface area contributed by atoms with Crippen LogP contribution < -0.4 is 14.4 Å². The molecule has 2 aromatic carbocycles. The van der Waals surface area contributed by atoms with Crippen LogP contribution in [0.5, 0.6) is 5.75 Å². The number of carbonyl (C=O) groups excluding carboxylic acids is 1. The summed E-state index contributed by atoms with van der Waals surface area (Å²) in [5.41, 5.74) is 0.742. The average Bonchev–Trinajstić information content (AvgIpc) is 2.77. The number of halogens is 1. The molecular weight excluding hydrogens is 443 g/mol. The molecule has 1 fully saturated rings. The van der Waals surface area contributed by atoms with E-state index >= 15 is 0 Å². The van der Waals surface area contributed by atoms with E-state index in [1.54, 1.807) is 6.07 Å². The summed E-state index contributed by atoms with van der Waals surface area (Å²) < 4.78 is 46.1. The van der Waals surface area contributed by atoms with E-state index in [1.165, 1.54) is 24.6 Å². The minimum absolute atomic E-state index is 0.00185. The van der Waals surface area contributed by atoms with E-state index in [2.05, 4.69) is 5.32 Å². The molecule has 2 aromatic rings. The number of amides is 1. The molecule has 0 unspecified atom stereocenters. The van der Waals surface area contributed by atoms with Gasteiger partial charge in [-0.1, -0.05) is 36.8 Å². The Labute approximate surface area is 195 Å². The van der Waals surface area contributed by atoms with Crippen molar-refractivity contribution >= 4 is 21.6 Å². The summed E-state index contributed by atoms with van der Waals surface area (Å²) >= 11 is 0. The first-order chi connectivity index (χ1) is 15.8. The van der Waals surface area contributed by atoms with E-state index in [4.69, 9.17) is 4.74 Å². The third-order valence-corrected chi connectivity index (χ3v) is 7.76. The molecule has 4 rings (SSSR count). The van der Waals surface area contributed by atoms with Gasteiger partial charge in [0.2, 0.25) is 15.9 Å². The molecule has 0 aromatic heterocycles. The fraction of sp³-hybridized carbons (Fsp3) is 0.480. The van der Waals surface area contributed by atoms with Crippen LogP contribution in [0, 0.1) is 5.82 Å². The number of hydrogen-bond acceptors (Lipinski definition) is 4. The van der Waals surface area contributed by atoms with Gasteiger partial charge in [0, 0.05) is 24.9 Å². The molecule has 1 N–H and O–H groups in total. The topological polar surface area (TPSA) is 75.7 Å². The number of rotatable bonds is 7. The van der Waals surface area contributed by atoms with E-state index in [1.807, 2.05) is 24.3 Å². The Balaban J connectivity index is 1.41. The zero-order valence-electron chi connectivity index (χ0n) is 18.9. The Bertz CT molecular complexity index is 1100. The third-order valence-electron chi connectivity index (χ3n) is 6.58. The maximum absolute atomic E-state index is 14.2. The van der Waals surface area contributed by atoms with Crippen LogP contribution in [0.15, 0.2) is 48.5 Å². The number of nitrogens with zero attached hydrogens (tertiary/aromatic N) is 1. The highest BCUT2D eigenvalue weighted by molar-refractivity contribution is 7.92. The van der Waals surface area contributed by atoms with Crippen molar-refractivity contribution in [3.63, 3.8) is 0 Å². The zero-order valence-corrected chi connectivity index (χ0v) is 19.7. The smallest absolute Gasteiger partial charge is 0.232 e. The average molecular weight is 475 g/mol. The van der Waals surface area contributed by atoms with Crippen LogP contribution in [0.3, 0.4) is 0 Å². The highest BCUT2D eigenvalue weighted by Crippen LogP contribution is 2.46. The normalized spacial score (nSPS) is 19.4. The Morgan fingerprint density at radius 1 is 1.12 bits per heavy atom. The van der Waals surface area contributed by atoms with Crippen molar-refractivity contribution in [2.45, 2.75) is 63.0 Å². The molecule has 1 amide bonds. The molecule has 1 aliphatic heterocycles. The van der Waals surface area contributed by atoms with Gasteiger partial charge in [-0.15, -0.1) is 0 Å². The summed E-state index contributed by atoms with van der Waals surface area (Å²) in [6, 6.07) is 13.5. The molecule has 0 radical (unpaired) electrons. The summed E-state index contributed by atoms with van der Waals surface area (Å²) in [5, 5.41) is 3.15. The maximum atomic E-state index is 14.2. The lowest BCUT2D eigenvalue weighted by atomic mass is 9.77. The minimum Gasteiger partial charge on any atom is -0.487 e. The molecule has 178 valence electrons. The SMILES string of the molecule is CS(=O)(=O)N(CCCC(=O)N[C@@H]1CC2(CCCCC2)Oc2ccccc21)c1ccccc1F. The Morgan fingerprint density at radius 2 is 1.82 bits per heavy atom. The summed E-state index contributed by atoms with van der Waals surface area (Å²) in [6.07, 6.45) is 7.64. The van der Waals surface area contributed by atoms with Crippen LogP contribution in [-0.2, 0) is 14.8 Å². The van der Waals surface area contributed by atoms with Crippen molar-refractivity contribution in [2.24, 2.45) is 0 Å². The lowest BCUT2D eigenvalue weighted by Gasteiger charge is -2.44. The molecule has 1 atom stereocenters. The predicted molar refractivity (Wildman–Crippen MR) is 126 cm³/mol. The van der Waals surface area contributed by atoms with Gasteiger partial charge in [-0.3, -0.25) is 9.10 Å². The molecule has 1 aliphatic carbocycles. The van der Waals surface area contributed by atoms with Crippen LogP contribution in [0.2, 0.25) is 0 Å². The van der Waals surface area contributed by atoms with Crippen molar-refractivity contribution in [1.29, 1.82) is 0 Å². The van der Waals surface area contributed by atoms with Crippen molar-refractivity contribution in [1.82, 2.24) is 5.32 Å². The van der Waals surface area contributed by atoms with Crippen LogP contribution >= 0.6 is 0 Å². The van der Waals surface area contributed by atoms with Gasteiger partial charge in [-0.2, -0.15) is 0 Å². The number of carbonyl (C=O) groups is 1. The van der Waals surface area contributed by atoms with Gasteiger partial charge in [-0.05, 0) is 50.3 Å². The lowest BCUT2D eigenvalue weighted by molar-refractivity contribution is -0.122. The second-order valence-corrected chi connectivity index (χ2v) is 11.0. The second kappa shape index (κ2) is 9.71. The first-order valence-electron chi connectivity index (χ1n) is 11.6. The van der Waals surface area contributed by atoms with Gasteiger partial charge in [0.15, 0.2) is 0 Å². The van der Waals surface area contributed by atoms with Crippen molar-refractivity contribution in [3.8, 4) is 5.75 Å². The van der Waals surface area contributed by atoms with Gasteiger partial charge in [0.25, 0.3) is 0 Å². The van der Waals surface area contributed by atoms with Gasteiger partial charge >= 0.3 is 0 Å². The summed E-state index contributed by atoms with van der Waals surface area (Å²) in [5.74, 6) is 0.0763. The molecular formula is C25H31FN2O4S. The summed E-state index contributed by atoms with van der Waals surface area (Å²) in [6.45, 7) is 0.0293. The highest BCUT2D eigenvalue weighted by Gasteiger charge is 2.42. The van der Waals surface area contributed by atoms with Crippen molar-refractivity contribution < 1.29 is 22.3 Å².